The van der Waals surface area contributed by atoms with Crippen molar-refractivity contribution in [2.75, 3.05) is 26.8 Å². The lowest BCUT2D eigenvalue weighted by Crippen LogP contribution is -2.21. The molecule has 1 aliphatic heterocycles. The third kappa shape index (κ3) is 5.18. The number of nitrogens with zero attached hydrogens (tertiary/aromatic N) is 3. The van der Waals surface area contributed by atoms with E-state index in [4.69, 9.17) is 14.5 Å². The highest BCUT2D eigenvalue weighted by molar-refractivity contribution is 5.53. The third-order valence-electron chi connectivity index (χ3n) is 5.62. The summed E-state index contributed by atoms with van der Waals surface area (Å²) in [5.74, 6) is 1.69. The summed E-state index contributed by atoms with van der Waals surface area (Å²) in [4.78, 5) is 26.3. The first kappa shape index (κ1) is 21.2. The molecule has 7 heteroatoms. The van der Waals surface area contributed by atoms with Crippen molar-refractivity contribution in [2.24, 2.45) is 0 Å². The highest BCUT2D eigenvalue weighted by atomic mass is 16.5. The van der Waals surface area contributed by atoms with Crippen LogP contribution in [0.5, 0.6) is 5.75 Å². The van der Waals surface area contributed by atoms with E-state index in [0.29, 0.717) is 19.0 Å². The van der Waals surface area contributed by atoms with E-state index in [9.17, 15) is 4.79 Å². The lowest BCUT2D eigenvalue weighted by atomic mass is 10.0. The molecule has 0 saturated carbocycles. The smallest absolute Gasteiger partial charge is 0.251 e. The predicted octanol–water partition coefficient (Wildman–Crippen LogP) is 3.37. The zero-order valence-corrected chi connectivity index (χ0v) is 18.0. The summed E-state index contributed by atoms with van der Waals surface area (Å²) in [5, 5.41) is 0. The Morgan fingerprint density at radius 2 is 2.03 bits per heavy atom. The lowest BCUT2D eigenvalue weighted by Gasteiger charge is -2.18. The molecule has 4 rings (SSSR count). The summed E-state index contributed by atoms with van der Waals surface area (Å²) in [5.41, 5.74) is 3.89. The predicted molar refractivity (Wildman–Crippen MR) is 119 cm³/mol. The molecule has 31 heavy (non-hydrogen) atoms. The van der Waals surface area contributed by atoms with E-state index >= 15 is 0 Å². The molecule has 0 radical (unpaired) electrons. The normalized spacial score (nSPS) is 16.5. The van der Waals surface area contributed by atoms with Gasteiger partial charge in [-0.05, 0) is 49.7 Å². The van der Waals surface area contributed by atoms with Gasteiger partial charge in [-0.3, -0.25) is 14.7 Å². The van der Waals surface area contributed by atoms with Crippen LogP contribution in [0.1, 0.15) is 36.1 Å². The van der Waals surface area contributed by atoms with Gasteiger partial charge in [0, 0.05) is 55.2 Å². The maximum atomic E-state index is 12.2. The number of likely N-dealkylation sites (tertiary alicyclic amines) is 1. The van der Waals surface area contributed by atoms with E-state index in [2.05, 4.69) is 27.0 Å². The fourth-order valence-electron chi connectivity index (χ4n) is 4.06. The number of aromatic amines is 1. The number of nitrogens with one attached hydrogen (secondary N) is 1. The number of H-pyrrole nitrogens is 1. The van der Waals surface area contributed by atoms with Crippen molar-refractivity contribution >= 4 is 0 Å². The topological polar surface area (TPSA) is 80.3 Å². The summed E-state index contributed by atoms with van der Waals surface area (Å²) in [7, 11) is 1.68. The number of ether oxygens (including phenoxy) is 2. The Hall–Kier alpha value is -3.03. The minimum Gasteiger partial charge on any atom is -0.496 e. The number of aromatic nitrogens is 3. The van der Waals surface area contributed by atoms with Gasteiger partial charge in [-0.2, -0.15) is 0 Å². The quantitative estimate of drug-likeness (QED) is 0.602. The van der Waals surface area contributed by atoms with Gasteiger partial charge in [0.25, 0.3) is 5.56 Å². The first-order valence-corrected chi connectivity index (χ1v) is 10.6. The van der Waals surface area contributed by atoms with E-state index in [1.54, 1.807) is 25.6 Å². The van der Waals surface area contributed by atoms with Gasteiger partial charge in [-0.25, -0.2) is 4.98 Å². The van der Waals surface area contributed by atoms with E-state index in [0.717, 1.165) is 48.6 Å². The molecular weight excluding hydrogens is 392 g/mol. The minimum absolute atomic E-state index is 0.119. The summed E-state index contributed by atoms with van der Waals surface area (Å²) in [6.45, 7) is 5.90. The van der Waals surface area contributed by atoms with Crippen LogP contribution >= 0.6 is 0 Å². The van der Waals surface area contributed by atoms with E-state index in [1.165, 1.54) is 5.56 Å². The fourth-order valence-corrected chi connectivity index (χ4v) is 4.06. The SMILES string of the molecule is CCOCc1cc(CN2CC[C@@H](c3cc(=O)[nH]c(-c4ccncc4)n3)C2)ccc1OC. The van der Waals surface area contributed by atoms with E-state index in [-0.39, 0.29) is 11.5 Å². The second-order valence-corrected chi connectivity index (χ2v) is 7.76. The lowest BCUT2D eigenvalue weighted by molar-refractivity contribution is 0.132. The Morgan fingerprint density at radius 3 is 2.81 bits per heavy atom. The number of hydrogen-bond donors (Lipinski definition) is 1. The molecule has 1 saturated heterocycles. The molecule has 7 nitrogen and oxygen atoms in total. The molecular formula is C24H28N4O3. The van der Waals surface area contributed by atoms with Crippen molar-refractivity contribution < 1.29 is 9.47 Å². The average molecular weight is 421 g/mol. The van der Waals surface area contributed by atoms with Gasteiger partial charge in [0.05, 0.1) is 19.4 Å². The summed E-state index contributed by atoms with van der Waals surface area (Å²) in [6, 6.07) is 11.6. The van der Waals surface area contributed by atoms with Gasteiger partial charge < -0.3 is 14.5 Å². The maximum absolute atomic E-state index is 12.2. The second kappa shape index (κ2) is 9.85. The molecule has 1 aromatic carbocycles. The number of methoxy groups -OCH3 is 1. The van der Waals surface area contributed by atoms with Crippen LogP contribution in [-0.2, 0) is 17.9 Å². The van der Waals surface area contributed by atoms with Crippen LogP contribution in [0.15, 0.2) is 53.6 Å². The van der Waals surface area contributed by atoms with Gasteiger partial charge in [0.1, 0.15) is 11.6 Å². The molecule has 0 bridgehead atoms. The standard InChI is InChI=1S/C24H28N4O3/c1-3-31-16-20-12-17(4-5-22(20)30-2)14-28-11-8-19(15-28)21-13-23(29)27-24(26-21)18-6-9-25-10-7-18/h4-7,9-10,12-13,19H,3,8,11,14-16H2,1-2H3,(H,26,27,29)/t19-/m1/s1. The van der Waals surface area contributed by atoms with Crippen molar-refractivity contribution in [1.82, 2.24) is 19.9 Å². The van der Waals surface area contributed by atoms with Gasteiger partial charge in [-0.1, -0.05) is 6.07 Å². The molecule has 0 amide bonds. The van der Waals surface area contributed by atoms with Crippen LogP contribution in [0.3, 0.4) is 0 Å². The maximum Gasteiger partial charge on any atom is 0.251 e. The monoisotopic (exact) mass is 420 g/mol. The van der Waals surface area contributed by atoms with Gasteiger partial charge in [0.2, 0.25) is 0 Å². The minimum atomic E-state index is -0.119. The molecule has 3 aromatic rings. The van der Waals surface area contributed by atoms with Crippen LogP contribution in [0.4, 0.5) is 0 Å². The molecule has 1 N–H and O–H groups in total. The van der Waals surface area contributed by atoms with Crippen molar-refractivity contribution in [2.45, 2.75) is 32.4 Å². The highest BCUT2D eigenvalue weighted by Crippen LogP contribution is 2.28. The summed E-state index contributed by atoms with van der Waals surface area (Å²) >= 11 is 0. The Labute approximate surface area is 182 Å². The van der Waals surface area contributed by atoms with Gasteiger partial charge in [-0.15, -0.1) is 0 Å². The molecule has 1 aliphatic rings. The zero-order chi connectivity index (χ0) is 21.6. The summed E-state index contributed by atoms with van der Waals surface area (Å²) < 4.78 is 11.0. The van der Waals surface area contributed by atoms with Crippen molar-refractivity contribution in [1.29, 1.82) is 0 Å². The van der Waals surface area contributed by atoms with Crippen molar-refractivity contribution in [3.8, 4) is 17.1 Å². The largest absolute Gasteiger partial charge is 0.496 e. The highest BCUT2D eigenvalue weighted by Gasteiger charge is 2.26. The van der Waals surface area contributed by atoms with Crippen LogP contribution < -0.4 is 10.3 Å². The van der Waals surface area contributed by atoms with Crippen LogP contribution in [-0.4, -0.2) is 46.7 Å². The number of pyridine rings is 1. The Bertz CT molecular complexity index is 1070. The number of hydrogen-bond acceptors (Lipinski definition) is 6. The Balaban J connectivity index is 1.47. The van der Waals surface area contributed by atoms with E-state index < -0.39 is 0 Å². The van der Waals surface area contributed by atoms with Gasteiger partial charge in [0.15, 0.2) is 0 Å². The number of rotatable bonds is 8. The summed E-state index contributed by atoms with van der Waals surface area (Å²) in [6.07, 6.45) is 4.39. The third-order valence-corrected chi connectivity index (χ3v) is 5.62. The molecule has 0 spiro atoms. The molecule has 162 valence electrons. The van der Waals surface area contributed by atoms with Crippen molar-refractivity contribution in [3.63, 3.8) is 0 Å². The zero-order valence-electron chi connectivity index (χ0n) is 18.0. The van der Waals surface area contributed by atoms with Crippen LogP contribution in [0.25, 0.3) is 11.4 Å². The first-order chi connectivity index (χ1) is 15.2. The molecule has 0 aliphatic carbocycles. The molecule has 1 fully saturated rings. The fraction of sp³-hybridized carbons (Fsp3) is 0.375. The average Bonchev–Trinajstić information content (AvgIpc) is 3.26. The van der Waals surface area contributed by atoms with Crippen LogP contribution in [0.2, 0.25) is 0 Å². The Kier molecular flexibility index (Phi) is 6.74. The van der Waals surface area contributed by atoms with E-state index in [1.807, 2.05) is 25.1 Å². The molecule has 3 heterocycles. The molecule has 1 atom stereocenters. The first-order valence-electron chi connectivity index (χ1n) is 10.6. The second-order valence-electron chi connectivity index (χ2n) is 7.76. The van der Waals surface area contributed by atoms with Gasteiger partial charge >= 0.3 is 0 Å². The van der Waals surface area contributed by atoms with Crippen LogP contribution in [0, 0.1) is 0 Å². The molecule has 0 unspecified atom stereocenters. The van der Waals surface area contributed by atoms with Crippen molar-refractivity contribution in [3.05, 3.63) is 76.0 Å². The molecule has 2 aromatic heterocycles. The Morgan fingerprint density at radius 1 is 1.19 bits per heavy atom. The number of benzene rings is 1.